The number of carbonyl (C=O) groups is 1. The van der Waals surface area contributed by atoms with Crippen molar-refractivity contribution in [1.29, 1.82) is 0 Å². The molecule has 0 spiro atoms. The molecule has 5 rings (SSSR count). The average molecular weight is 535 g/mol. The number of nitrogens with two attached hydrogens (primary N) is 1. The molecular formula is C30H23ClN6O2. The molecule has 0 amide bonds. The number of halogens is 1. The maximum absolute atomic E-state index is 13.7. The number of aromatic nitrogens is 4. The van der Waals surface area contributed by atoms with E-state index >= 15 is 0 Å². The largest absolute Gasteiger partial charge is 0.382 e. The number of rotatable bonds is 5. The van der Waals surface area contributed by atoms with Crippen LogP contribution in [0.25, 0.3) is 16.6 Å². The monoisotopic (exact) mass is 534 g/mol. The average Bonchev–Trinajstić information content (AvgIpc) is 2.93. The van der Waals surface area contributed by atoms with Crippen molar-refractivity contribution < 1.29 is 4.79 Å². The number of nitrogens with zero attached hydrogens (tertiary/aromatic N) is 4. The molecule has 8 nitrogen and oxygen atoms in total. The van der Waals surface area contributed by atoms with Gasteiger partial charge >= 0.3 is 0 Å². The third kappa shape index (κ3) is 5.21. The summed E-state index contributed by atoms with van der Waals surface area (Å²) in [7, 11) is 0. The van der Waals surface area contributed by atoms with Crippen molar-refractivity contribution in [3.05, 3.63) is 117 Å². The number of benzene rings is 3. The smallest absolute Gasteiger partial charge is 0.267 e. The predicted molar refractivity (Wildman–Crippen MR) is 153 cm³/mol. The molecule has 0 aliphatic carbocycles. The second-order valence-electron chi connectivity index (χ2n) is 8.82. The lowest BCUT2D eigenvalue weighted by atomic mass is 10.1. The first-order chi connectivity index (χ1) is 18.8. The van der Waals surface area contributed by atoms with Gasteiger partial charge in [0.2, 0.25) is 0 Å². The molecule has 192 valence electrons. The highest BCUT2D eigenvalue weighted by molar-refractivity contribution is 6.35. The number of ketones is 1. The summed E-state index contributed by atoms with van der Waals surface area (Å²) in [4.78, 5) is 38.7. The normalized spacial score (nSPS) is 11.5. The zero-order chi connectivity index (χ0) is 27.5. The zero-order valence-corrected chi connectivity index (χ0v) is 21.9. The van der Waals surface area contributed by atoms with Crippen LogP contribution in [-0.4, -0.2) is 25.3 Å². The van der Waals surface area contributed by atoms with Gasteiger partial charge in [-0.05, 0) is 50.2 Å². The summed E-state index contributed by atoms with van der Waals surface area (Å²) in [6.45, 7) is 3.37. The Hall–Kier alpha value is -5.00. The minimum absolute atomic E-state index is 0.0500. The van der Waals surface area contributed by atoms with Gasteiger partial charge in [0.15, 0.2) is 5.78 Å². The van der Waals surface area contributed by atoms with E-state index in [0.29, 0.717) is 49.9 Å². The summed E-state index contributed by atoms with van der Waals surface area (Å²) in [5.41, 5.74) is 8.62. The van der Waals surface area contributed by atoms with Gasteiger partial charge in [-0.3, -0.25) is 14.2 Å². The van der Waals surface area contributed by atoms with Gasteiger partial charge in [-0.2, -0.15) is 0 Å². The van der Waals surface area contributed by atoms with Crippen LogP contribution >= 0.6 is 11.6 Å². The topological polar surface area (TPSA) is 116 Å². The van der Waals surface area contributed by atoms with Crippen LogP contribution in [0.5, 0.6) is 0 Å². The number of hydrogen-bond acceptors (Lipinski definition) is 7. The highest BCUT2D eigenvalue weighted by Crippen LogP contribution is 2.26. The summed E-state index contributed by atoms with van der Waals surface area (Å²) in [6.07, 6.45) is 1.34. The van der Waals surface area contributed by atoms with Crippen molar-refractivity contribution in [2.24, 2.45) is 0 Å². The number of carbonyl (C=O) groups excluding carboxylic acids is 1. The quantitative estimate of drug-likeness (QED) is 0.235. The molecule has 39 heavy (non-hydrogen) atoms. The van der Waals surface area contributed by atoms with Crippen LogP contribution in [0.1, 0.15) is 47.2 Å². The van der Waals surface area contributed by atoms with Crippen LogP contribution in [0.15, 0.2) is 83.9 Å². The van der Waals surface area contributed by atoms with Gasteiger partial charge in [0.25, 0.3) is 5.56 Å². The fourth-order valence-corrected chi connectivity index (χ4v) is 4.43. The van der Waals surface area contributed by atoms with E-state index in [9.17, 15) is 9.59 Å². The van der Waals surface area contributed by atoms with E-state index in [2.05, 4.69) is 27.1 Å². The Kier molecular flexibility index (Phi) is 7.08. The maximum Gasteiger partial charge on any atom is 0.267 e. The van der Waals surface area contributed by atoms with E-state index in [1.807, 2.05) is 37.3 Å². The van der Waals surface area contributed by atoms with E-state index in [4.69, 9.17) is 22.3 Å². The molecule has 0 fully saturated rings. The lowest BCUT2D eigenvalue weighted by Crippen LogP contribution is -2.27. The fraction of sp³-hybridized carbons (Fsp3) is 0.100. The molecule has 3 N–H and O–H groups in total. The Balaban J connectivity index is 1.59. The minimum Gasteiger partial charge on any atom is -0.382 e. The maximum atomic E-state index is 13.7. The van der Waals surface area contributed by atoms with E-state index in [0.717, 1.165) is 0 Å². The molecule has 2 heterocycles. The van der Waals surface area contributed by atoms with E-state index < -0.39 is 6.04 Å². The Morgan fingerprint density at radius 3 is 2.56 bits per heavy atom. The van der Waals surface area contributed by atoms with Crippen LogP contribution in [0.3, 0.4) is 0 Å². The van der Waals surface area contributed by atoms with Gasteiger partial charge in [0.05, 0.1) is 27.7 Å². The Labute approximate surface area is 229 Å². The molecular weight excluding hydrogens is 512 g/mol. The van der Waals surface area contributed by atoms with Crippen molar-refractivity contribution in [2.45, 2.75) is 19.9 Å². The van der Waals surface area contributed by atoms with Gasteiger partial charge in [0, 0.05) is 11.1 Å². The van der Waals surface area contributed by atoms with E-state index in [-0.39, 0.29) is 17.2 Å². The first-order valence-electron chi connectivity index (χ1n) is 12.1. The third-order valence-corrected chi connectivity index (χ3v) is 6.42. The molecule has 0 bridgehead atoms. The number of hydrogen-bond donors (Lipinski definition) is 2. The van der Waals surface area contributed by atoms with E-state index in [1.54, 1.807) is 42.5 Å². The standard InChI is InChI=1S/C30H23ClN6O2/c1-18(29-36-25-13-7-12-24(31)26(25)30(39)37(29)22-10-4-3-5-11-22)35-28-23(27(32)33-17-34-28)15-14-20-8-6-9-21(16-20)19(2)38/h3-13,16-18H,1-2H3,(H3,32,33,34,35). The second kappa shape index (κ2) is 10.8. The summed E-state index contributed by atoms with van der Waals surface area (Å²) < 4.78 is 1.54. The highest BCUT2D eigenvalue weighted by Gasteiger charge is 2.21. The SMILES string of the molecule is CC(=O)c1cccc(C#Cc2c(N)ncnc2NC(C)c2nc3cccc(Cl)c3c(=O)n2-c2ccccc2)c1. The van der Waals surface area contributed by atoms with Crippen LogP contribution in [0.4, 0.5) is 11.6 Å². The van der Waals surface area contributed by atoms with Crippen LogP contribution < -0.4 is 16.6 Å². The fourth-order valence-electron chi connectivity index (χ4n) is 4.18. The number of anilines is 2. The molecule has 1 unspecified atom stereocenters. The van der Waals surface area contributed by atoms with Gasteiger partial charge in [-0.25, -0.2) is 15.0 Å². The molecule has 0 aliphatic heterocycles. The molecule has 3 aromatic carbocycles. The van der Waals surface area contributed by atoms with Crippen LogP contribution in [0, 0.1) is 11.8 Å². The second-order valence-corrected chi connectivity index (χ2v) is 9.22. The Morgan fingerprint density at radius 1 is 1.03 bits per heavy atom. The predicted octanol–water partition coefficient (Wildman–Crippen LogP) is 5.19. The number of nitrogens with one attached hydrogen (secondary N) is 1. The first-order valence-corrected chi connectivity index (χ1v) is 12.5. The molecule has 5 aromatic rings. The van der Waals surface area contributed by atoms with Gasteiger partial charge < -0.3 is 11.1 Å². The molecule has 0 aliphatic rings. The van der Waals surface area contributed by atoms with Crippen LogP contribution in [0.2, 0.25) is 5.02 Å². The van der Waals surface area contributed by atoms with Gasteiger partial charge in [-0.1, -0.05) is 59.8 Å². The summed E-state index contributed by atoms with van der Waals surface area (Å²) in [5.74, 6) is 7.04. The minimum atomic E-state index is -0.503. The summed E-state index contributed by atoms with van der Waals surface area (Å²) in [6, 6.07) is 20.9. The van der Waals surface area contributed by atoms with Crippen molar-refractivity contribution in [3.63, 3.8) is 0 Å². The molecule has 0 radical (unpaired) electrons. The first kappa shape index (κ1) is 25.6. The lowest BCUT2D eigenvalue weighted by Gasteiger charge is -2.21. The molecule has 1 atom stereocenters. The zero-order valence-electron chi connectivity index (χ0n) is 21.1. The Bertz CT molecular complexity index is 1840. The summed E-state index contributed by atoms with van der Waals surface area (Å²) >= 11 is 6.40. The van der Waals surface area contributed by atoms with Crippen molar-refractivity contribution in [1.82, 2.24) is 19.5 Å². The lowest BCUT2D eigenvalue weighted by molar-refractivity contribution is 0.101. The number of nitrogen functional groups attached to an aromatic ring is 1. The van der Waals surface area contributed by atoms with Crippen molar-refractivity contribution in [2.75, 3.05) is 11.1 Å². The number of Topliss-reactive ketones (excluding diaryl/α,β-unsaturated/α-hetero) is 1. The molecule has 2 aromatic heterocycles. The van der Waals surface area contributed by atoms with Crippen molar-refractivity contribution >= 4 is 39.9 Å². The summed E-state index contributed by atoms with van der Waals surface area (Å²) in [5, 5.41) is 3.98. The van der Waals surface area contributed by atoms with Gasteiger partial charge in [-0.15, -0.1) is 0 Å². The van der Waals surface area contributed by atoms with Crippen molar-refractivity contribution in [3.8, 4) is 17.5 Å². The Morgan fingerprint density at radius 2 is 1.79 bits per heavy atom. The third-order valence-electron chi connectivity index (χ3n) is 6.11. The van der Waals surface area contributed by atoms with Gasteiger partial charge in [0.1, 0.15) is 29.4 Å². The van der Waals surface area contributed by atoms with E-state index in [1.165, 1.54) is 17.8 Å². The molecule has 9 heteroatoms. The molecule has 0 saturated carbocycles. The highest BCUT2D eigenvalue weighted by atomic mass is 35.5. The molecule has 0 saturated heterocycles. The van der Waals surface area contributed by atoms with Crippen LogP contribution in [-0.2, 0) is 0 Å². The number of para-hydroxylation sites is 1. The number of fused-ring (bicyclic) bond motifs is 1.